The maximum absolute atomic E-state index is 12.2. The molecule has 1 rings (SSSR count). The Labute approximate surface area is 127 Å². The number of unbranched alkanes of at least 4 members (excludes halogenated alkanes) is 3. The van der Waals surface area contributed by atoms with Gasteiger partial charge in [-0.25, -0.2) is 13.1 Å². The molecule has 0 bridgehead atoms. The normalized spacial score (nSPS) is 13.6. The molecule has 1 atom stereocenters. The van der Waals surface area contributed by atoms with E-state index in [4.69, 9.17) is 0 Å². The van der Waals surface area contributed by atoms with Gasteiger partial charge in [0.1, 0.15) is 4.21 Å². The lowest BCUT2D eigenvalue weighted by molar-refractivity contribution is 0.523. The summed E-state index contributed by atoms with van der Waals surface area (Å²) < 4.78 is 27.6. The topological polar surface area (TPSA) is 58.2 Å². The van der Waals surface area contributed by atoms with E-state index in [9.17, 15) is 8.42 Å². The van der Waals surface area contributed by atoms with Crippen molar-refractivity contribution >= 4 is 21.4 Å². The summed E-state index contributed by atoms with van der Waals surface area (Å²) in [6, 6.07) is 1.74. The highest BCUT2D eigenvalue weighted by molar-refractivity contribution is 7.91. The smallest absolute Gasteiger partial charge is 0.250 e. The zero-order valence-corrected chi connectivity index (χ0v) is 14.2. The summed E-state index contributed by atoms with van der Waals surface area (Å²) in [6.07, 6.45) is 5.57. The largest absolute Gasteiger partial charge is 0.316 e. The standard InChI is InChI=1S/C14H26N2O2S2/c1-4-5-6-7-8-12(2)16-20(17,18)14-9-13(10-15-3)11-19-14/h9,11-12,15-16H,4-8,10H2,1-3H3. The van der Waals surface area contributed by atoms with Crippen molar-refractivity contribution in [1.82, 2.24) is 10.0 Å². The molecule has 0 aliphatic rings. The van der Waals surface area contributed by atoms with Crippen LogP contribution in [0.25, 0.3) is 0 Å². The number of sulfonamides is 1. The van der Waals surface area contributed by atoms with Crippen LogP contribution in [0.15, 0.2) is 15.7 Å². The number of hydrogen-bond donors (Lipinski definition) is 2. The van der Waals surface area contributed by atoms with Crippen molar-refractivity contribution < 1.29 is 8.42 Å². The Kier molecular flexibility index (Phi) is 7.72. The van der Waals surface area contributed by atoms with Crippen LogP contribution in [0.1, 0.15) is 51.5 Å². The molecule has 0 aromatic carbocycles. The van der Waals surface area contributed by atoms with E-state index in [1.807, 2.05) is 19.4 Å². The second-order valence-electron chi connectivity index (χ2n) is 5.18. The van der Waals surface area contributed by atoms with E-state index < -0.39 is 10.0 Å². The van der Waals surface area contributed by atoms with Gasteiger partial charge in [0.15, 0.2) is 0 Å². The molecule has 0 saturated carbocycles. The van der Waals surface area contributed by atoms with Crippen LogP contribution in [0.3, 0.4) is 0 Å². The van der Waals surface area contributed by atoms with Crippen molar-refractivity contribution in [2.45, 2.75) is 62.7 Å². The minimum atomic E-state index is -3.36. The van der Waals surface area contributed by atoms with Crippen molar-refractivity contribution in [3.05, 3.63) is 17.0 Å². The van der Waals surface area contributed by atoms with E-state index in [-0.39, 0.29) is 6.04 Å². The molecule has 1 aromatic rings. The van der Waals surface area contributed by atoms with Crippen LogP contribution in [0.2, 0.25) is 0 Å². The van der Waals surface area contributed by atoms with Gasteiger partial charge in [-0.3, -0.25) is 0 Å². The predicted octanol–water partition coefficient (Wildman–Crippen LogP) is 3.10. The predicted molar refractivity (Wildman–Crippen MR) is 85.6 cm³/mol. The summed E-state index contributed by atoms with van der Waals surface area (Å²) in [4.78, 5) is 0. The van der Waals surface area contributed by atoms with Crippen molar-refractivity contribution in [2.75, 3.05) is 7.05 Å². The van der Waals surface area contributed by atoms with Crippen LogP contribution in [0.5, 0.6) is 0 Å². The van der Waals surface area contributed by atoms with E-state index in [0.717, 1.165) is 18.4 Å². The number of rotatable bonds is 10. The van der Waals surface area contributed by atoms with Gasteiger partial charge in [0, 0.05) is 12.6 Å². The molecule has 4 nitrogen and oxygen atoms in total. The Morgan fingerprint density at radius 1 is 1.30 bits per heavy atom. The van der Waals surface area contributed by atoms with Gasteiger partial charge < -0.3 is 5.32 Å². The molecule has 0 fully saturated rings. The molecule has 0 spiro atoms. The van der Waals surface area contributed by atoms with Crippen LogP contribution in [-0.2, 0) is 16.6 Å². The second-order valence-corrected chi connectivity index (χ2v) is 8.03. The molecule has 6 heteroatoms. The number of nitrogens with one attached hydrogen (secondary N) is 2. The van der Waals surface area contributed by atoms with Crippen LogP contribution in [0.4, 0.5) is 0 Å². The molecule has 0 aliphatic carbocycles. The highest BCUT2D eigenvalue weighted by atomic mass is 32.2. The fourth-order valence-electron chi connectivity index (χ4n) is 2.05. The Morgan fingerprint density at radius 3 is 2.70 bits per heavy atom. The van der Waals surface area contributed by atoms with Crippen LogP contribution >= 0.6 is 11.3 Å². The fourth-order valence-corrected chi connectivity index (χ4v) is 4.55. The van der Waals surface area contributed by atoms with Gasteiger partial charge in [0.25, 0.3) is 0 Å². The third-order valence-corrected chi connectivity index (χ3v) is 6.20. The van der Waals surface area contributed by atoms with E-state index in [1.165, 1.54) is 30.6 Å². The summed E-state index contributed by atoms with van der Waals surface area (Å²) in [5, 5.41) is 4.91. The molecule has 20 heavy (non-hydrogen) atoms. The first kappa shape index (κ1) is 17.6. The molecule has 1 aromatic heterocycles. The molecule has 0 saturated heterocycles. The summed E-state index contributed by atoms with van der Waals surface area (Å²) in [7, 11) is -1.51. The zero-order chi connectivity index (χ0) is 15.0. The van der Waals surface area contributed by atoms with Crippen LogP contribution in [0, 0.1) is 0 Å². The van der Waals surface area contributed by atoms with Crippen LogP contribution < -0.4 is 10.0 Å². The van der Waals surface area contributed by atoms with E-state index in [0.29, 0.717) is 10.8 Å². The maximum atomic E-state index is 12.2. The second kappa shape index (κ2) is 8.77. The molecule has 116 valence electrons. The molecule has 1 heterocycles. The van der Waals surface area contributed by atoms with Gasteiger partial charge in [-0.15, -0.1) is 11.3 Å². The lowest BCUT2D eigenvalue weighted by atomic mass is 10.1. The van der Waals surface area contributed by atoms with E-state index >= 15 is 0 Å². The van der Waals surface area contributed by atoms with Crippen molar-refractivity contribution in [2.24, 2.45) is 0 Å². The fraction of sp³-hybridized carbons (Fsp3) is 0.714. The summed E-state index contributed by atoms with van der Waals surface area (Å²) in [6.45, 7) is 4.80. The van der Waals surface area contributed by atoms with Gasteiger partial charge in [-0.05, 0) is 37.4 Å². The molecular weight excluding hydrogens is 292 g/mol. The SMILES string of the molecule is CCCCCCC(C)NS(=O)(=O)c1cc(CNC)cs1. The van der Waals surface area contributed by atoms with Gasteiger partial charge in [0.2, 0.25) is 10.0 Å². The summed E-state index contributed by atoms with van der Waals surface area (Å²) in [5.74, 6) is 0. The zero-order valence-electron chi connectivity index (χ0n) is 12.6. The minimum Gasteiger partial charge on any atom is -0.316 e. The molecule has 0 amide bonds. The summed E-state index contributed by atoms with van der Waals surface area (Å²) in [5.41, 5.74) is 1.01. The summed E-state index contributed by atoms with van der Waals surface area (Å²) >= 11 is 1.28. The molecule has 1 unspecified atom stereocenters. The number of hydrogen-bond acceptors (Lipinski definition) is 4. The highest BCUT2D eigenvalue weighted by Gasteiger charge is 2.19. The first-order valence-corrected chi connectivity index (χ1v) is 9.60. The van der Waals surface area contributed by atoms with Gasteiger partial charge in [-0.2, -0.15) is 0 Å². The lowest BCUT2D eigenvalue weighted by Crippen LogP contribution is -2.32. The maximum Gasteiger partial charge on any atom is 0.250 e. The Morgan fingerprint density at radius 2 is 2.05 bits per heavy atom. The van der Waals surface area contributed by atoms with E-state index in [1.54, 1.807) is 6.07 Å². The van der Waals surface area contributed by atoms with E-state index in [2.05, 4.69) is 17.0 Å². The molecule has 0 aliphatic heterocycles. The average molecular weight is 319 g/mol. The Balaban J connectivity index is 2.50. The quantitative estimate of drug-likeness (QED) is 0.652. The number of thiophene rings is 1. The first-order valence-electron chi connectivity index (χ1n) is 7.24. The highest BCUT2D eigenvalue weighted by Crippen LogP contribution is 2.20. The van der Waals surface area contributed by atoms with Crippen molar-refractivity contribution in [1.29, 1.82) is 0 Å². The lowest BCUT2D eigenvalue weighted by Gasteiger charge is -2.13. The minimum absolute atomic E-state index is 0.00768. The average Bonchev–Trinajstić information content (AvgIpc) is 2.84. The van der Waals surface area contributed by atoms with Gasteiger partial charge >= 0.3 is 0 Å². The van der Waals surface area contributed by atoms with Crippen LogP contribution in [-0.4, -0.2) is 21.5 Å². The Hall–Kier alpha value is -0.430. The molecule has 0 radical (unpaired) electrons. The third kappa shape index (κ3) is 5.91. The van der Waals surface area contributed by atoms with Gasteiger partial charge in [0.05, 0.1) is 0 Å². The Bertz CT molecular complexity index is 483. The molecular formula is C14H26N2O2S2. The van der Waals surface area contributed by atoms with Gasteiger partial charge in [-0.1, -0.05) is 32.6 Å². The van der Waals surface area contributed by atoms with Crippen molar-refractivity contribution in [3.8, 4) is 0 Å². The first-order chi connectivity index (χ1) is 9.49. The van der Waals surface area contributed by atoms with Crippen molar-refractivity contribution in [3.63, 3.8) is 0 Å². The third-order valence-electron chi connectivity index (χ3n) is 3.12. The monoisotopic (exact) mass is 318 g/mol. The molecule has 2 N–H and O–H groups in total.